The quantitative estimate of drug-likeness (QED) is 0.438. The molecule has 0 aromatic carbocycles. The van der Waals surface area contributed by atoms with E-state index in [0.717, 1.165) is 0 Å². The minimum Gasteiger partial charge on any atom is -0.463 e. The Morgan fingerprint density at radius 3 is 3.00 bits per heavy atom. The van der Waals surface area contributed by atoms with E-state index in [4.69, 9.17) is 0 Å². The molecular formula is C8H13NO4. The standard InChI is InChI=1S/C8H13NO4/c1-2-13-7(11)8(12)4-3-5-9-6(8)10/h12H,2-5H2,1H3,(H,9,10). The topological polar surface area (TPSA) is 75.6 Å². The van der Waals surface area contributed by atoms with Gasteiger partial charge in [0.1, 0.15) is 0 Å². The molecule has 13 heavy (non-hydrogen) atoms. The Balaban J connectivity index is 2.71. The summed E-state index contributed by atoms with van der Waals surface area (Å²) >= 11 is 0. The van der Waals surface area contributed by atoms with Crippen molar-refractivity contribution in [2.45, 2.75) is 25.4 Å². The lowest BCUT2D eigenvalue weighted by Gasteiger charge is -2.28. The highest BCUT2D eigenvalue weighted by atomic mass is 16.5. The van der Waals surface area contributed by atoms with Crippen molar-refractivity contribution in [3.8, 4) is 0 Å². The van der Waals surface area contributed by atoms with E-state index in [2.05, 4.69) is 10.1 Å². The molecule has 0 saturated carbocycles. The molecule has 0 aromatic rings. The number of hydrogen-bond acceptors (Lipinski definition) is 4. The van der Waals surface area contributed by atoms with Crippen LogP contribution in [-0.4, -0.2) is 35.7 Å². The lowest BCUT2D eigenvalue weighted by Crippen LogP contribution is -2.56. The third kappa shape index (κ3) is 1.80. The summed E-state index contributed by atoms with van der Waals surface area (Å²) in [6.07, 6.45) is 0.721. The summed E-state index contributed by atoms with van der Waals surface area (Å²) in [6, 6.07) is 0. The monoisotopic (exact) mass is 187 g/mol. The fourth-order valence-electron chi connectivity index (χ4n) is 1.25. The average Bonchev–Trinajstić information content (AvgIpc) is 2.11. The molecule has 0 aromatic heterocycles. The van der Waals surface area contributed by atoms with Gasteiger partial charge in [0.05, 0.1) is 6.61 Å². The van der Waals surface area contributed by atoms with Crippen LogP contribution >= 0.6 is 0 Å². The van der Waals surface area contributed by atoms with E-state index < -0.39 is 17.5 Å². The minimum atomic E-state index is -1.96. The molecule has 74 valence electrons. The zero-order chi connectivity index (χ0) is 9.90. The number of rotatable bonds is 2. The number of ether oxygens (including phenoxy) is 1. The minimum absolute atomic E-state index is 0.137. The maximum absolute atomic E-state index is 11.2. The van der Waals surface area contributed by atoms with Crippen LogP contribution in [0.2, 0.25) is 0 Å². The molecule has 0 bridgehead atoms. The average molecular weight is 187 g/mol. The van der Waals surface area contributed by atoms with Crippen molar-refractivity contribution in [1.29, 1.82) is 0 Å². The smallest absolute Gasteiger partial charge is 0.348 e. The Hall–Kier alpha value is -1.10. The van der Waals surface area contributed by atoms with Gasteiger partial charge in [0.15, 0.2) is 0 Å². The van der Waals surface area contributed by atoms with Crippen LogP contribution in [0.15, 0.2) is 0 Å². The first-order valence-electron chi connectivity index (χ1n) is 4.29. The van der Waals surface area contributed by atoms with Crippen LogP contribution in [0, 0.1) is 0 Å². The number of nitrogens with one attached hydrogen (secondary N) is 1. The van der Waals surface area contributed by atoms with Crippen molar-refractivity contribution in [2.24, 2.45) is 0 Å². The van der Waals surface area contributed by atoms with Crippen molar-refractivity contribution in [1.82, 2.24) is 5.32 Å². The number of aliphatic hydroxyl groups is 1. The van der Waals surface area contributed by atoms with Crippen LogP contribution in [0.1, 0.15) is 19.8 Å². The van der Waals surface area contributed by atoms with E-state index in [0.29, 0.717) is 13.0 Å². The highest BCUT2D eigenvalue weighted by Crippen LogP contribution is 2.18. The number of carbonyl (C=O) groups is 2. The summed E-state index contributed by atoms with van der Waals surface area (Å²) in [4.78, 5) is 22.4. The van der Waals surface area contributed by atoms with Gasteiger partial charge in [0.25, 0.3) is 5.91 Å². The molecule has 1 saturated heterocycles. The molecule has 0 spiro atoms. The second-order valence-electron chi connectivity index (χ2n) is 2.94. The molecule has 1 aliphatic heterocycles. The van der Waals surface area contributed by atoms with E-state index >= 15 is 0 Å². The van der Waals surface area contributed by atoms with Crippen molar-refractivity contribution in [2.75, 3.05) is 13.2 Å². The lowest BCUT2D eigenvalue weighted by atomic mass is 9.93. The summed E-state index contributed by atoms with van der Waals surface area (Å²) in [6.45, 7) is 2.29. The maximum atomic E-state index is 11.2. The number of piperidine rings is 1. The number of carbonyl (C=O) groups excluding carboxylic acids is 2. The first kappa shape index (κ1) is 9.98. The predicted octanol–water partition coefficient (Wildman–Crippen LogP) is -0.809. The van der Waals surface area contributed by atoms with Crippen molar-refractivity contribution in [3.05, 3.63) is 0 Å². The van der Waals surface area contributed by atoms with E-state index in [-0.39, 0.29) is 13.0 Å². The van der Waals surface area contributed by atoms with Crippen LogP contribution in [0.4, 0.5) is 0 Å². The number of hydrogen-bond donors (Lipinski definition) is 2. The van der Waals surface area contributed by atoms with Crippen LogP contribution in [0.25, 0.3) is 0 Å². The lowest BCUT2D eigenvalue weighted by molar-refractivity contribution is -0.173. The Kier molecular flexibility index (Phi) is 2.87. The molecule has 1 heterocycles. The first-order chi connectivity index (χ1) is 6.11. The molecule has 0 radical (unpaired) electrons. The second-order valence-corrected chi connectivity index (χ2v) is 2.94. The highest BCUT2D eigenvalue weighted by molar-refractivity contribution is 6.06. The summed E-state index contributed by atoms with van der Waals surface area (Å²) in [7, 11) is 0. The number of amides is 1. The first-order valence-corrected chi connectivity index (χ1v) is 4.29. The third-order valence-electron chi connectivity index (χ3n) is 1.99. The molecule has 5 nitrogen and oxygen atoms in total. The molecule has 1 fully saturated rings. The Morgan fingerprint density at radius 2 is 2.46 bits per heavy atom. The van der Waals surface area contributed by atoms with Gasteiger partial charge in [-0.1, -0.05) is 0 Å². The van der Waals surface area contributed by atoms with Gasteiger partial charge >= 0.3 is 5.97 Å². The van der Waals surface area contributed by atoms with Crippen molar-refractivity contribution >= 4 is 11.9 Å². The van der Waals surface area contributed by atoms with Crippen LogP contribution in [0.5, 0.6) is 0 Å². The Labute approximate surface area is 76.1 Å². The number of esters is 1. The normalized spacial score (nSPS) is 28.0. The van der Waals surface area contributed by atoms with Gasteiger partial charge in [-0.3, -0.25) is 4.79 Å². The summed E-state index contributed by atoms with van der Waals surface area (Å²) < 4.78 is 4.61. The molecule has 2 N–H and O–H groups in total. The molecule has 1 aliphatic rings. The Bertz CT molecular complexity index is 228. The molecule has 1 rings (SSSR count). The summed E-state index contributed by atoms with van der Waals surface area (Å²) in [5, 5.41) is 12.1. The van der Waals surface area contributed by atoms with E-state index in [1.54, 1.807) is 6.92 Å². The van der Waals surface area contributed by atoms with E-state index in [1.807, 2.05) is 0 Å². The largest absolute Gasteiger partial charge is 0.463 e. The van der Waals surface area contributed by atoms with Gasteiger partial charge in [-0.15, -0.1) is 0 Å². The summed E-state index contributed by atoms with van der Waals surface area (Å²) in [5.74, 6) is -1.51. The van der Waals surface area contributed by atoms with Crippen LogP contribution < -0.4 is 5.32 Å². The maximum Gasteiger partial charge on any atom is 0.348 e. The fraction of sp³-hybridized carbons (Fsp3) is 0.750. The highest BCUT2D eigenvalue weighted by Gasteiger charge is 2.46. The predicted molar refractivity (Wildman–Crippen MR) is 43.8 cm³/mol. The fourth-order valence-corrected chi connectivity index (χ4v) is 1.25. The van der Waals surface area contributed by atoms with Gasteiger partial charge in [0.2, 0.25) is 5.60 Å². The second kappa shape index (κ2) is 3.74. The molecule has 1 atom stereocenters. The Morgan fingerprint density at radius 1 is 1.77 bits per heavy atom. The molecular weight excluding hydrogens is 174 g/mol. The summed E-state index contributed by atoms with van der Waals surface area (Å²) in [5.41, 5.74) is -1.96. The zero-order valence-electron chi connectivity index (χ0n) is 7.50. The van der Waals surface area contributed by atoms with Gasteiger partial charge in [-0.25, -0.2) is 4.79 Å². The van der Waals surface area contributed by atoms with Gasteiger partial charge < -0.3 is 15.2 Å². The van der Waals surface area contributed by atoms with Crippen LogP contribution in [0.3, 0.4) is 0 Å². The van der Waals surface area contributed by atoms with Crippen molar-refractivity contribution < 1.29 is 19.4 Å². The molecule has 0 aliphatic carbocycles. The van der Waals surface area contributed by atoms with Gasteiger partial charge in [0, 0.05) is 6.54 Å². The zero-order valence-corrected chi connectivity index (χ0v) is 7.50. The van der Waals surface area contributed by atoms with Gasteiger partial charge in [-0.05, 0) is 19.8 Å². The van der Waals surface area contributed by atoms with Crippen LogP contribution in [-0.2, 0) is 14.3 Å². The van der Waals surface area contributed by atoms with E-state index in [9.17, 15) is 14.7 Å². The van der Waals surface area contributed by atoms with E-state index in [1.165, 1.54) is 0 Å². The molecule has 5 heteroatoms. The van der Waals surface area contributed by atoms with Gasteiger partial charge in [-0.2, -0.15) is 0 Å². The SMILES string of the molecule is CCOC(=O)C1(O)CCCNC1=O. The molecule has 1 unspecified atom stereocenters. The van der Waals surface area contributed by atoms with Crippen molar-refractivity contribution in [3.63, 3.8) is 0 Å². The molecule has 1 amide bonds. The third-order valence-corrected chi connectivity index (χ3v) is 1.99.